The van der Waals surface area contributed by atoms with Gasteiger partial charge in [0.15, 0.2) is 0 Å². The van der Waals surface area contributed by atoms with Gasteiger partial charge in [-0.05, 0) is 19.1 Å². The Morgan fingerprint density at radius 3 is 2.83 bits per heavy atom. The molecule has 2 aromatic rings. The van der Waals surface area contributed by atoms with Gasteiger partial charge in [0.2, 0.25) is 5.91 Å². The highest BCUT2D eigenvalue weighted by atomic mass is 32.1. The molecule has 1 aromatic heterocycles. The normalized spacial score (nSPS) is 14.4. The van der Waals surface area contributed by atoms with Crippen molar-refractivity contribution in [3.63, 3.8) is 0 Å². The van der Waals surface area contributed by atoms with Gasteiger partial charge in [-0.3, -0.25) is 4.79 Å². The van der Waals surface area contributed by atoms with Crippen LogP contribution in [0.25, 0.3) is 10.2 Å². The molecule has 0 aliphatic heterocycles. The first-order chi connectivity index (χ1) is 8.58. The summed E-state index contributed by atoms with van der Waals surface area (Å²) < 4.78 is 1.14. The molecular weight excluding hydrogens is 246 g/mol. The molecule has 0 fully saturated rings. The number of benzene rings is 1. The second kappa shape index (κ2) is 5.46. The molecule has 0 aliphatic rings. The van der Waals surface area contributed by atoms with Crippen molar-refractivity contribution in [2.75, 3.05) is 0 Å². The van der Waals surface area contributed by atoms with Crippen LogP contribution in [0.5, 0.6) is 0 Å². The summed E-state index contributed by atoms with van der Waals surface area (Å²) in [6, 6.07) is 7.81. The van der Waals surface area contributed by atoms with Gasteiger partial charge < -0.3 is 11.1 Å². The van der Waals surface area contributed by atoms with E-state index >= 15 is 0 Å². The molecule has 2 atom stereocenters. The Kier molecular flexibility index (Phi) is 3.93. The third-order valence-electron chi connectivity index (χ3n) is 2.95. The fourth-order valence-corrected chi connectivity index (χ4v) is 2.47. The van der Waals surface area contributed by atoms with Crippen LogP contribution < -0.4 is 11.1 Å². The predicted octanol–water partition coefficient (Wildman–Crippen LogP) is 1.90. The topological polar surface area (TPSA) is 68.0 Å². The number of aromatic nitrogens is 1. The van der Waals surface area contributed by atoms with Gasteiger partial charge in [-0.2, -0.15) is 0 Å². The molecule has 1 aromatic carbocycles. The second-order valence-electron chi connectivity index (χ2n) is 4.44. The van der Waals surface area contributed by atoms with Crippen LogP contribution in [0.15, 0.2) is 24.3 Å². The molecule has 2 rings (SSSR count). The highest BCUT2D eigenvalue weighted by Crippen LogP contribution is 2.21. The smallest absolute Gasteiger partial charge is 0.224 e. The summed E-state index contributed by atoms with van der Waals surface area (Å²) in [4.78, 5) is 16.2. The summed E-state index contributed by atoms with van der Waals surface area (Å²) in [6.45, 7) is 4.13. The van der Waals surface area contributed by atoms with Crippen molar-refractivity contribution in [2.24, 2.45) is 11.7 Å². The highest BCUT2D eigenvalue weighted by molar-refractivity contribution is 7.18. The minimum Gasteiger partial charge on any atom is -0.349 e. The number of hydrogen-bond acceptors (Lipinski definition) is 4. The quantitative estimate of drug-likeness (QED) is 0.885. The number of nitrogens with one attached hydrogen (secondary N) is 1. The summed E-state index contributed by atoms with van der Waals surface area (Å²) >= 11 is 1.60. The number of carbonyl (C=O) groups is 1. The van der Waals surface area contributed by atoms with Crippen LogP contribution in [0, 0.1) is 5.92 Å². The van der Waals surface area contributed by atoms with E-state index in [0.29, 0.717) is 6.54 Å². The minimum atomic E-state index is -0.181. The molecular formula is C13H17N3OS. The molecule has 0 saturated carbocycles. The van der Waals surface area contributed by atoms with Crippen molar-refractivity contribution in [2.45, 2.75) is 26.4 Å². The summed E-state index contributed by atoms with van der Waals surface area (Å²) in [5.41, 5.74) is 6.67. The number of thiazole rings is 1. The summed E-state index contributed by atoms with van der Waals surface area (Å²) in [5, 5.41) is 3.79. The number of fused-ring (bicyclic) bond motifs is 1. The number of rotatable bonds is 4. The van der Waals surface area contributed by atoms with Crippen LogP contribution in [0.2, 0.25) is 0 Å². The van der Waals surface area contributed by atoms with Crippen molar-refractivity contribution in [1.82, 2.24) is 10.3 Å². The number of carbonyl (C=O) groups excluding carboxylic acids is 1. The SMILES string of the molecule is CC(N)C(C)C(=O)NCc1nc2ccccc2s1. The van der Waals surface area contributed by atoms with Gasteiger partial charge in [0.05, 0.1) is 16.8 Å². The van der Waals surface area contributed by atoms with Crippen LogP contribution in [0.3, 0.4) is 0 Å². The molecule has 4 nitrogen and oxygen atoms in total. The molecule has 18 heavy (non-hydrogen) atoms. The summed E-state index contributed by atoms with van der Waals surface area (Å²) in [5.74, 6) is -0.205. The van der Waals surface area contributed by atoms with E-state index in [1.54, 1.807) is 11.3 Å². The van der Waals surface area contributed by atoms with E-state index in [0.717, 1.165) is 15.2 Å². The number of hydrogen-bond donors (Lipinski definition) is 2. The summed E-state index contributed by atoms with van der Waals surface area (Å²) in [7, 11) is 0. The van der Waals surface area contributed by atoms with Gasteiger partial charge in [0.25, 0.3) is 0 Å². The average molecular weight is 263 g/mol. The first kappa shape index (κ1) is 13.0. The zero-order valence-electron chi connectivity index (χ0n) is 10.5. The fourth-order valence-electron chi connectivity index (χ4n) is 1.56. The number of nitrogens with two attached hydrogens (primary N) is 1. The van der Waals surface area contributed by atoms with Crippen LogP contribution in [-0.4, -0.2) is 16.9 Å². The van der Waals surface area contributed by atoms with Crippen LogP contribution >= 0.6 is 11.3 Å². The minimum absolute atomic E-state index is 0.0238. The largest absolute Gasteiger partial charge is 0.349 e. The summed E-state index contributed by atoms with van der Waals surface area (Å²) in [6.07, 6.45) is 0. The first-order valence-corrected chi connectivity index (χ1v) is 6.77. The molecule has 96 valence electrons. The van der Waals surface area contributed by atoms with E-state index in [-0.39, 0.29) is 17.9 Å². The molecule has 0 bridgehead atoms. The highest BCUT2D eigenvalue weighted by Gasteiger charge is 2.16. The van der Waals surface area contributed by atoms with Gasteiger partial charge in [-0.25, -0.2) is 4.98 Å². The van der Waals surface area contributed by atoms with Gasteiger partial charge in [-0.15, -0.1) is 11.3 Å². The standard InChI is InChI=1S/C13H17N3OS/c1-8(9(2)14)13(17)15-7-12-16-10-5-3-4-6-11(10)18-12/h3-6,8-9H,7,14H2,1-2H3,(H,15,17). The van der Waals surface area contributed by atoms with Crippen LogP contribution in [-0.2, 0) is 11.3 Å². The number of amides is 1. The number of nitrogens with zero attached hydrogens (tertiary/aromatic N) is 1. The molecule has 0 saturated heterocycles. The Balaban J connectivity index is 2.00. The number of para-hydroxylation sites is 1. The van der Waals surface area contributed by atoms with Crippen molar-refractivity contribution in [1.29, 1.82) is 0 Å². The lowest BCUT2D eigenvalue weighted by atomic mass is 10.0. The third kappa shape index (κ3) is 2.86. The Bertz CT molecular complexity index is 517. The van der Waals surface area contributed by atoms with E-state index in [1.807, 2.05) is 38.1 Å². The Morgan fingerprint density at radius 1 is 1.44 bits per heavy atom. The molecule has 0 spiro atoms. The Labute approximate surface area is 110 Å². The van der Waals surface area contributed by atoms with Gasteiger partial charge in [-0.1, -0.05) is 19.1 Å². The van der Waals surface area contributed by atoms with E-state index in [2.05, 4.69) is 10.3 Å². The molecule has 1 amide bonds. The predicted molar refractivity (Wildman–Crippen MR) is 74.3 cm³/mol. The first-order valence-electron chi connectivity index (χ1n) is 5.95. The van der Waals surface area contributed by atoms with Crippen molar-refractivity contribution >= 4 is 27.5 Å². The molecule has 1 heterocycles. The monoisotopic (exact) mass is 263 g/mol. The molecule has 5 heteroatoms. The van der Waals surface area contributed by atoms with E-state index in [4.69, 9.17) is 5.73 Å². The molecule has 2 unspecified atom stereocenters. The van der Waals surface area contributed by atoms with Crippen molar-refractivity contribution < 1.29 is 4.79 Å². The Hall–Kier alpha value is -1.46. The zero-order chi connectivity index (χ0) is 13.1. The Morgan fingerprint density at radius 2 is 2.17 bits per heavy atom. The van der Waals surface area contributed by atoms with Crippen molar-refractivity contribution in [3.05, 3.63) is 29.3 Å². The average Bonchev–Trinajstić information content (AvgIpc) is 2.77. The molecule has 3 N–H and O–H groups in total. The van der Waals surface area contributed by atoms with Gasteiger partial charge in [0, 0.05) is 12.0 Å². The van der Waals surface area contributed by atoms with Gasteiger partial charge in [0.1, 0.15) is 5.01 Å². The maximum atomic E-state index is 11.8. The molecule has 0 radical (unpaired) electrons. The lowest BCUT2D eigenvalue weighted by Crippen LogP contribution is -2.38. The third-order valence-corrected chi connectivity index (χ3v) is 3.99. The lowest BCUT2D eigenvalue weighted by Gasteiger charge is -2.14. The van der Waals surface area contributed by atoms with Gasteiger partial charge >= 0.3 is 0 Å². The van der Waals surface area contributed by atoms with Crippen LogP contribution in [0.4, 0.5) is 0 Å². The van der Waals surface area contributed by atoms with E-state index < -0.39 is 0 Å². The van der Waals surface area contributed by atoms with E-state index in [9.17, 15) is 4.79 Å². The zero-order valence-corrected chi connectivity index (χ0v) is 11.3. The fraction of sp³-hybridized carbons (Fsp3) is 0.385. The second-order valence-corrected chi connectivity index (χ2v) is 5.56. The van der Waals surface area contributed by atoms with Crippen molar-refractivity contribution in [3.8, 4) is 0 Å². The lowest BCUT2D eigenvalue weighted by molar-refractivity contribution is -0.125. The molecule has 0 aliphatic carbocycles. The van der Waals surface area contributed by atoms with Crippen LogP contribution in [0.1, 0.15) is 18.9 Å². The van der Waals surface area contributed by atoms with E-state index in [1.165, 1.54) is 0 Å². The maximum absolute atomic E-state index is 11.8. The maximum Gasteiger partial charge on any atom is 0.224 e.